The molecule has 1 aromatic carbocycles. The van der Waals surface area contributed by atoms with E-state index in [-0.39, 0.29) is 28.4 Å². The maximum Gasteiger partial charge on any atom is 0.235 e. The highest BCUT2D eigenvalue weighted by Gasteiger charge is 2.48. The number of aliphatic hydroxyl groups is 2. The van der Waals surface area contributed by atoms with Crippen LogP contribution in [0.15, 0.2) is 42.0 Å². The van der Waals surface area contributed by atoms with E-state index in [2.05, 4.69) is 9.97 Å². The molecule has 10 heteroatoms. The zero-order valence-corrected chi connectivity index (χ0v) is 18.2. The maximum atomic E-state index is 14.4. The summed E-state index contributed by atoms with van der Waals surface area (Å²) < 4.78 is 15.1. The van der Waals surface area contributed by atoms with Gasteiger partial charge in [0.25, 0.3) is 0 Å². The quantitative estimate of drug-likeness (QED) is 0.206. The molecule has 1 atom stereocenters. The number of fused-ring (bicyclic) bond motifs is 1. The summed E-state index contributed by atoms with van der Waals surface area (Å²) in [5, 5.41) is 35.8. The van der Waals surface area contributed by atoms with Crippen LogP contribution >= 0.6 is 22.9 Å². The van der Waals surface area contributed by atoms with Crippen LogP contribution < -0.4 is 10.5 Å². The first-order chi connectivity index (χ1) is 15.3. The number of hydrogen-bond acceptors (Lipinski definition) is 6. The number of imidazole rings is 1. The Labute approximate surface area is 191 Å². The lowest BCUT2D eigenvalue weighted by Gasteiger charge is -2.20. The molecular formula is C22H18ClFN4O3S. The second-order valence-electron chi connectivity index (χ2n) is 7.71. The normalized spacial score (nSPS) is 17.6. The van der Waals surface area contributed by atoms with Gasteiger partial charge in [0.2, 0.25) is 11.3 Å². The third kappa shape index (κ3) is 3.17. The van der Waals surface area contributed by atoms with Crippen LogP contribution in [0.1, 0.15) is 28.4 Å². The average Bonchev–Trinajstić information content (AvgIpc) is 3.47. The fourth-order valence-electron chi connectivity index (χ4n) is 4.19. The molecule has 164 valence electrons. The van der Waals surface area contributed by atoms with Crippen molar-refractivity contribution in [3.63, 3.8) is 0 Å². The van der Waals surface area contributed by atoms with Crippen molar-refractivity contribution in [2.45, 2.75) is 25.0 Å². The van der Waals surface area contributed by atoms with E-state index in [0.717, 1.165) is 11.3 Å². The molecule has 32 heavy (non-hydrogen) atoms. The number of hydrogen-bond donors (Lipinski definition) is 4. The monoisotopic (exact) mass is 472 g/mol. The largest absolute Gasteiger partial charge is 0.618 e. The summed E-state index contributed by atoms with van der Waals surface area (Å²) in [7, 11) is 0. The van der Waals surface area contributed by atoms with Crippen molar-refractivity contribution in [3.05, 3.63) is 80.0 Å². The van der Waals surface area contributed by atoms with Gasteiger partial charge in [0.15, 0.2) is 6.20 Å². The van der Waals surface area contributed by atoms with Crippen LogP contribution in [-0.2, 0) is 18.6 Å². The van der Waals surface area contributed by atoms with E-state index in [9.17, 15) is 19.8 Å². The summed E-state index contributed by atoms with van der Waals surface area (Å²) in [5.41, 5.74) is 7.57. The lowest BCUT2D eigenvalue weighted by atomic mass is 9.98. The Hall–Kier alpha value is -2.98. The first-order valence-electron chi connectivity index (χ1n) is 9.78. The summed E-state index contributed by atoms with van der Waals surface area (Å²) in [4.78, 5) is 7.42. The Bertz CT molecular complexity index is 1360. The van der Waals surface area contributed by atoms with Crippen molar-refractivity contribution >= 4 is 28.6 Å². The summed E-state index contributed by atoms with van der Waals surface area (Å²) in [6.07, 6.45) is 3.45. The van der Waals surface area contributed by atoms with Crippen molar-refractivity contribution in [1.29, 1.82) is 0 Å². The van der Waals surface area contributed by atoms with Gasteiger partial charge in [0.1, 0.15) is 11.6 Å². The van der Waals surface area contributed by atoms with Crippen molar-refractivity contribution in [2.75, 3.05) is 5.73 Å². The minimum Gasteiger partial charge on any atom is -0.618 e. The molecule has 1 aliphatic carbocycles. The number of aromatic nitrogens is 3. The van der Waals surface area contributed by atoms with E-state index in [1.54, 1.807) is 23.6 Å². The highest BCUT2D eigenvalue weighted by molar-refractivity contribution is 7.10. The van der Waals surface area contributed by atoms with Gasteiger partial charge in [-0.1, -0.05) is 11.6 Å². The van der Waals surface area contributed by atoms with Crippen LogP contribution in [0.2, 0.25) is 5.02 Å². The van der Waals surface area contributed by atoms with Crippen LogP contribution in [-0.4, -0.2) is 20.2 Å². The fraction of sp³-hybridized carbons (Fsp3) is 0.182. The van der Waals surface area contributed by atoms with Gasteiger partial charge in [-0.3, -0.25) is 0 Å². The summed E-state index contributed by atoms with van der Waals surface area (Å²) >= 11 is 7.19. The molecule has 5 rings (SSSR count). The molecule has 4 aromatic rings. The van der Waals surface area contributed by atoms with E-state index in [1.807, 2.05) is 6.07 Å². The van der Waals surface area contributed by atoms with Crippen molar-refractivity contribution in [1.82, 2.24) is 9.97 Å². The van der Waals surface area contributed by atoms with Crippen LogP contribution in [0.4, 0.5) is 10.1 Å². The molecule has 1 aliphatic rings. The smallest absolute Gasteiger partial charge is 0.235 e. The first-order valence-corrected chi connectivity index (χ1v) is 11.0. The number of pyridine rings is 1. The second-order valence-corrected chi connectivity index (χ2v) is 9.11. The number of anilines is 1. The predicted octanol–water partition coefficient (Wildman–Crippen LogP) is 3.49. The summed E-state index contributed by atoms with van der Waals surface area (Å²) in [6, 6.07) is 6.85. The van der Waals surface area contributed by atoms with E-state index in [1.165, 1.54) is 12.4 Å². The molecule has 3 aromatic heterocycles. The third-order valence-electron chi connectivity index (χ3n) is 5.79. The van der Waals surface area contributed by atoms with E-state index < -0.39 is 18.0 Å². The predicted molar refractivity (Wildman–Crippen MR) is 119 cm³/mol. The molecule has 5 N–H and O–H groups in total. The highest BCUT2D eigenvalue weighted by atomic mass is 35.5. The molecule has 0 spiro atoms. The molecule has 1 unspecified atom stereocenters. The highest BCUT2D eigenvalue weighted by Crippen LogP contribution is 2.41. The van der Waals surface area contributed by atoms with Crippen LogP contribution in [0.25, 0.3) is 22.4 Å². The molecule has 0 bridgehead atoms. The zero-order valence-electron chi connectivity index (χ0n) is 16.6. The number of nitrogens with one attached hydrogen (secondary N) is 1. The van der Waals surface area contributed by atoms with Gasteiger partial charge in [0.05, 0.1) is 23.4 Å². The average molecular weight is 473 g/mol. The van der Waals surface area contributed by atoms with Crippen LogP contribution in [0.5, 0.6) is 0 Å². The Balaban J connectivity index is 1.56. The number of aliphatic hydroxyl groups excluding tert-OH is 1. The Morgan fingerprint density at radius 1 is 1.34 bits per heavy atom. The molecule has 0 saturated carbocycles. The number of halogens is 2. The second kappa shape index (κ2) is 7.56. The molecule has 0 fully saturated rings. The van der Waals surface area contributed by atoms with Crippen molar-refractivity contribution in [3.8, 4) is 22.4 Å². The number of nitrogens with zero attached hydrogens (tertiary/aromatic N) is 2. The number of aryl methyl sites for hydroxylation is 1. The molecule has 0 aliphatic heterocycles. The van der Waals surface area contributed by atoms with Gasteiger partial charge < -0.3 is 26.1 Å². The minimum absolute atomic E-state index is 0.155. The minimum atomic E-state index is -1.65. The molecule has 0 amide bonds. The first kappa shape index (κ1) is 20.9. The van der Waals surface area contributed by atoms with Crippen LogP contribution in [0, 0.1) is 11.0 Å². The van der Waals surface area contributed by atoms with E-state index in [0.29, 0.717) is 44.2 Å². The van der Waals surface area contributed by atoms with Gasteiger partial charge >= 0.3 is 0 Å². The molecule has 7 nitrogen and oxygen atoms in total. The topological polar surface area (TPSA) is 122 Å². The number of rotatable bonds is 4. The lowest BCUT2D eigenvalue weighted by molar-refractivity contribution is -0.620. The van der Waals surface area contributed by atoms with Crippen LogP contribution in [0.3, 0.4) is 0 Å². The molecule has 3 heterocycles. The zero-order chi connectivity index (χ0) is 22.6. The van der Waals surface area contributed by atoms with Gasteiger partial charge in [-0.05, 0) is 37.1 Å². The maximum absolute atomic E-state index is 14.4. The lowest BCUT2D eigenvalue weighted by Crippen LogP contribution is -2.42. The van der Waals surface area contributed by atoms with Gasteiger partial charge in [0, 0.05) is 38.3 Å². The van der Waals surface area contributed by atoms with E-state index in [4.69, 9.17) is 17.3 Å². The summed E-state index contributed by atoms with van der Waals surface area (Å²) in [6.45, 7) is -0.398. The number of benzene rings is 1. The Morgan fingerprint density at radius 2 is 2.16 bits per heavy atom. The van der Waals surface area contributed by atoms with Crippen molar-refractivity contribution in [2.24, 2.45) is 0 Å². The Morgan fingerprint density at radius 3 is 2.91 bits per heavy atom. The number of thiophene rings is 1. The molecule has 0 saturated heterocycles. The standard InChI is InChI=1S/C22H18ClFN4O3S/c23-13-1-2-16(25)14(6-13)12-5-11-3-4-22(30,20(11)28(31)8-12)21-26-7-17(27-21)15-10-32-18(9-29)19(15)24/h1-2,5-8,10,29-30H,3-4,9,25H2,(H,26,27). The van der Waals surface area contributed by atoms with Gasteiger partial charge in [-0.2, -0.15) is 4.73 Å². The SMILES string of the molecule is Nc1ccc(Cl)cc1-c1cc2c([n+]([O-])c1)C(O)(c1ncc(-c3csc(CO)c3F)[nH]1)CC2. The molecular weight excluding hydrogens is 455 g/mol. The molecule has 0 radical (unpaired) electrons. The number of aromatic amines is 1. The number of H-pyrrole nitrogens is 1. The van der Waals surface area contributed by atoms with Gasteiger partial charge in [-0.25, -0.2) is 9.37 Å². The number of nitrogen functional groups attached to an aromatic ring is 1. The summed E-state index contributed by atoms with van der Waals surface area (Å²) in [5.74, 6) is -0.379. The van der Waals surface area contributed by atoms with E-state index >= 15 is 0 Å². The third-order valence-corrected chi connectivity index (χ3v) is 6.97. The van der Waals surface area contributed by atoms with Gasteiger partial charge in [-0.15, -0.1) is 11.3 Å². The number of nitrogens with two attached hydrogens (primary N) is 1. The fourth-order valence-corrected chi connectivity index (χ4v) is 5.15. The van der Waals surface area contributed by atoms with Crippen molar-refractivity contribution < 1.29 is 19.3 Å². The Kier molecular flexibility index (Phi) is 4.94.